The Morgan fingerprint density at radius 3 is 2.48 bits per heavy atom. The first-order chi connectivity index (χ1) is 11.1. The first-order valence-corrected chi connectivity index (χ1v) is 8.59. The van der Waals surface area contributed by atoms with E-state index < -0.39 is 5.60 Å². The predicted molar refractivity (Wildman–Crippen MR) is 90.9 cm³/mol. The minimum atomic E-state index is -0.759. The molecule has 3 nitrogen and oxygen atoms in total. The fourth-order valence-corrected chi connectivity index (χ4v) is 4.37. The molecule has 2 bridgehead atoms. The van der Waals surface area contributed by atoms with Crippen LogP contribution >= 0.6 is 0 Å². The molecule has 1 N–H and O–H groups in total. The molecule has 4 rings (SSSR count). The number of aryl methyl sites for hydroxylation is 1. The molecule has 23 heavy (non-hydrogen) atoms. The fraction of sp³-hybridized carbons (Fsp3) is 0.450. The van der Waals surface area contributed by atoms with Gasteiger partial charge in [0.25, 0.3) is 0 Å². The maximum Gasteiger partial charge on any atom is 0.109 e. The minimum Gasteiger partial charge on any atom is -0.383 e. The Labute approximate surface area is 138 Å². The lowest BCUT2D eigenvalue weighted by Crippen LogP contribution is -2.49. The molecular formula is C20H24N2O. The Morgan fingerprint density at radius 1 is 1.13 bits per heavy atom. The van der Waals surface area contributed by atoms with Crippen LogP contribution in [0.1, 0.15) is 42.5 Å². The largest absolute Gasteiger partial charge is 0.383 e. The Hall–Kier alpha value is -1.71. The van der Waals surface area contributed by atoms with Gasteiger partial charge in [-0.05, 0) is 55.9 Å². The van der Waals surface area contributed by atoms with Gasteiger partial charge >= 0.3 is 0 Å². The van der Waals surface area contributed by atoms with E-state index in [-0.39, 0.29) is 0 Å². The number of hydrogen-bond donors (Lipinski definition) is 1. The topological polar surface area (TPSA) is 36.4 Å². The third-order valence-corrected chi connectivity index (χ3v) is 5.52. The van der Waals surface area contributed by atoms with Gasteiger partial charge < -0.3 is 5.11 Å². The molecule has 2 unspecified atom stereocenters. The van der Waals surface area contributed by atoms with Gasteiger partial charge in [0.15, 0.2) is 0 Å². The van der Waals surface area contributed by atoms with Crippen LogP contribution in [0.2, 0.25) is 0 Å². The van der Waals surface area contributed by atoms with Gasteiger partial charge in [-0.25, -0.2) is 0 Å². The number of benzene rings is 1. The van der Waals surface area contributed by atoms with Crippen molar-refractivity contribution in [2.24, 2.45) is 0 Å². The van der Waals surface area contributed by atoms with Gasteiger partial charge in [-0.1, -0.05) is 30.3 Å². The zero-order chi connectivity index (χ0) is 15.9. The highest BCUT2D eigenvalue weighted by molar-refractivity contribution is 5.23. The van der Waals surface area contributed by atoms with Crippen LogP contribution < -0.4 is 0 Å². The van der Waals surface area contributed by atoms with Gasteiger partial charge in [-0.3, -0.25) is 9.88 Å². The Bertz CT molecular complexity index is 671. The summed E-state index contributed by atoms with van der Waals surface area (Å²) in [5, 5.41) is 11.2. The lowest BCUT2D eigenvalue weighted by Gasteiger charge is -2.43. The molecule has 3 heterocycles. The smallest absolute Gasteiger partial charge is 0.109 e. The van der Waals surface area contributed by atoms with Crippen molar-refractivity contribution in [3.05, 3.63) is 65.5 Å². The van der Waals surface area contributed by atoms with Gasteiger partial charge in [0.05, 0.1) is 5.69 Å². The highest BCUT2D eigenvalue weighted by Gasteiger charge is 2.48. The van der Waals surface area contributed by atoms with Gasteiger partial charge in [0, 0.05) is 24.8 Å². The van der Waals surface area contributed by atoms with Crippen molar-refractivity contribution in [2.45, 2.75) is 56.8 Å². The van der Waals surface area contributed by atoms with Crippen LogP contribution in [0.5, 0.6) is 0 Å². The van der Waals surface area contributed by atoms with E-state index in [1.54, 1.807) is 0 Å². The summed E-state index contributed by atoms with van der Waals surface area (Å²) < 4.78 is 0. The van der Waals surface area contributed by atoms with Crippen molar-refractivity contribution in [1.82, 2.24) is 9.88 Å². The molecule has 0 aliphatic carbocycles. The van der Waals surface area contributed by atoms with Crippen LogP contribution in [0.25, 0.3) is 0 Å². The van der Waals surface area contributed by atoms with Crippen LogP contribution in [0.3, 0.4) is 0 Å². The molecule has 2 aliphatic heterocycles. The zero-order valence-electron chi connectivity index (χ0n) is 13.7. The van der Waals surface area contributed by atoms with E-state index in [2.05, 4.69) is 47.1 Å². The van der Waals surface area contributed by atoms with E-state index in [9.17, 15) is 5.11 Å². The van der Waals surface area contributed by atoms with Gasteiger partial charge in [0.2, 0.25) is 0 Å². The van der Waals surface area contributed by atoms with E-state index in [1.165, 1.54) is 24.0 Å². The van der Waals surface area contributed by atoms with Crippen molar-refractivity contribution in [2.75, 3.05) is 0 Å². The monoisotopic (exact) mass is 308 g/mol. The zero-order valence-corrected chi connectivity index (χ0v) is 13.7. The summed E-state index contributed by atoms with van der Waals surface area (Å²) in [6, 6.07) is 15.6. The average molecular weight is 308 g/mol. The van der Waals surface area contributed by atoms with Crippen molar-refractivity contribution >= 4 is 0 Å². The van der Waals surface area contributed by atoms with Crippen molar-refractivity contribution in [3.63, 3.8) is 0 Å². The Kier molecular flexibility index (Phi) is 3.70. The summed E-state index contributed by atoms with van der Waals surface area (Å²) >= 11 is 0. The molecule has 0 radical (unpaired) electrons. The second-order valence-corrected chi connectivity index (χ2v) is 7.20. The molecular weight excluding hydrogens is 284 g/mol. The highest BCUT2D eigenvalue weighted by Crippen LogP contribution is 2.45. The third kappa shape index (κ3) is 2.79. The SMILES string of the molecule is Cc1ccnc(C2(O)CC3CCC(C2)N3Cc2ccccc2)c1. The van der Waals surface area contributed by atoms with Crippen LogP contribution in [0, 0.1) is 6.92 Å². The quantitative estimate of drug-likeness (QED) is 0.944. The normalized spacial score (nSPS) is 30.5. The van der Waals surface area contributed by atoms with E-state index in [1.807, 2.05) is 18.3 Å². The molecule has 2 atom stereocenters. The number of fused-ring (bicyclic) bond motifs is 2. The summed E-state index contributed by atoms with van der Waals surface area (Å²) in [5.74, 6) is 0. The second kappa shape index (κ2) is 5.73. The van der Waals surface area contributed by atoms with E-state index in [0.717, 1.165) is 25.1 Å². The summed E-state index contributed by atoms with van der Waals surface area (Å²) in [4.78, 5) is 7.07. The van der Waals surface area contributed by atoms with Crippen molar-refractivity contribution in [3.8, 4) is 0 Å². The number of pyridine rings is 1. The summed E-state index contributed by atoms with van der Waals surface area (Å²) in [6.07, 6.45) is 5.79. The first kappa shape index (κ1) is 14.9. The Morgan fingerprint density at radius 2 is 1.83 bits per heavy atom. The van der Waals surface area contributed by atoms with Crippen molar-refractivity contribution < 1.29 is 5.11 Å². The molecule has 120 valence electrons. The fourth-order valence-electron chi connectivity index (χ4n) is 4.37. The average Bonchev–Trinajstić information content (AvgIpc) is 2.80. The molecule has 1 aromatic heterocycles. The molecule has 1 aromatic carbocycles. The maximum absolute atomic E-state index is 11.2. The number of piperidine rings is 1. The predicted octanol–water partition coefficient (Wildman–Crippen LogP) is 3.40. The van der Waals surface area contributed by atoms with Crippen molar-refractivity contribution in [1.29, 1.82) is 0 Å². The molecule has 2 fully saturated rings. The number of rotatable bonds is 3. The van der Waals surface area contributed by atoms with Crippen LogP contribution in [0.4, 0.5) is 0 Å². The van der Waals surface area contributed by atoms with Gasteiger partial charge in [-0.15, -0.1) is 0 Å². The third-order valence-electron chi connectivity index (χ3n) is 5.52. The molecule has 2 aliphatic rings. The maximum atomic E-state index is 11.2. The number of hydrogen-bond acceptors (Lipinski definition) is 3. The first-order valence-electron chi connectivity index (χ1n) is 8.59. The molecule has 0 amide bonds. The van der Waals surface area contributed by atoms with E-state index in [4.69, 9.17) is 0 Å². The standard InChI is InChI=1S/C20H24N2O/c1-15-9-10-21-19(11-15)20(23)12-17-7-8-18(13-20)22(17)14-16-5-3-2-4-6-16/h2-6,9-11,17-18,23H,7-8,12-14H2,1H3. The summed E-state index contributed by atoms with van der Waals surface area (Å²) in [5.41, 5.74) is 2.63. The Balaban J connectivity index is 1.55. The van der Waals surface area contributed by atoms with Gasteiger partial charge in [0.1, 0.15) is 5.60 Å². The highest BCUT2D eigenvalue weighted by atomic mass is 16.3. The molecule has 2 aromatic rings. The lowest BCUT2D eigenvalue weighted by atomic mass is 9.82. The minimum absolute atomic E-state index is 0.460. The molecule has 3 heteroatoms. The number of nitrogens with zero attached hydrogens (tertiary/aromatic N) is 2. The van der Waals surface area contributed by atoms with Crippen LogP contribution in [0.15, 0.2) is 48.7 Å². The van der Waals surface area contributed by atoms with Gasteiger partial charge in [-0.2, -0.15) is 0 Å². The van der Waals surface area contributed by atoms with E-state index in [0.29, 0.717) is 12.1 Å². The number of aliphatic hydroxyl groups is 1. The van der Waals surface area contributed by atoms with Crippen LogP contribution in [-0.2, 0) is 12.1 Å². The van der Waals surface area contributed by atoms with Crippen LogP contribution in [-0.4, -0.2) is 27.1 Å². The summed E-state index contributed by atoms with van der Waals surface area (Å²) in [7, 11) is 0. The molecule has 0 saturated carbocycles. The van der Waals surface area contributed by atoms with E-state index >= 15 is 0 Å². The number of aromatic nitrogens is 1. The summed E-state index contributed by atoms with van der Waals surface area (Å²) in [6.45, 7) is 3.06. The molecule has 0 spiro atoms. The lowest BCUT2D eigenvalue weighted by molar-refractivity contribution is -0.0623. The second-order valence-electron chi connectivity index (χ2n) is 7.20. The molecule has 2 saturated heterocycles.